The van der Waals surface area contributed by atoms with Crippen molar-refractivity contribution in [1.82, 2.24) is 5.32 Å². The summed E-state index contributed by atoms with van der Waals surface area (Å²) in [6, 6.07) is 13.2. The lowest BCUT2D eigenvalue weighted by atomic mass is 10.0. The summed E-state index contributed by atoms with van der Waals surface area (Å²) in [5, 5.41) is 3.67. The van der Waals surface area contributed by atoms with Gasteiger partial charge in [0.15, 0.2) is 0 Å². The number of benzene rings is 2. The highest BCUT2D eigenvalue weighted by atomic mass is 35.5. The Kier molecular flexibility index (Phi) is 4.46. The number of hydrogen-bond acceptors (Lipinski definition) is 1. The first-order valence-corrected chi connectivity index (χ1v) is 7.00. The summed E-state index contributed by atoms with van der Waals surface area (Å²) in [6.07, 6.45) is 0. The van der Waals surface area contributed by atoms with Crippen LogP contribution >= 0.6 is 11.6 Å². The molecule has 2 aromatic rings. The molecule has 0 spiro atoms. The van der Waals surface area contributed by atoms with Gasteiger partial charge in [-0.25, -0.2) is 0 Å². The molecule has 0 aromatic heterocycles. The molecule has 1 atom stereocenters. The highest BCUT2D eigenvalue weighted by Crippen LogP contribution is 2.23. The zero-order valence-electron chi connectivity index (χ0n) is 11.9. The molecular formula is C17H18ClNO. The van der Waals surface area contributed by atoms with Crippen LogP contribution < -0.4 is 5.32 Å². The second kappa shape index (κ2) is 6.10. The minimum absolute atomic E-state index is 0.0707. The average molecular weight is 288 g/mol. The van der Waals surface area contributed by atoms with Gasteiger partial charge in [0.25, 0.3) is 5.91 Å². The molecule has 0 aliphatic rings. The first kappa shape index (κ1) is 14.6. The summed E-state index contributed by atoms with van der Waals surface area (Å²) in [6.45, 7) is 5.90. The van der Waals surface area contributed by atoms with Crippen LogP contribution in [0.15, 0.2) is 42.5 Å². The molecule has 2 aromatic carbocycles. The zero-order valence-corrected chi connectivity index (χ0v) is 12.7. The number of nitrogens with one attached hydrogen (secondary N) is 1. The van der Waals surface area contributed by atoms with Crippen LogP contribution in [0.5, 0.6) is 0 Å². The smallest absolute Gasteiger partial charge is 0.252 e. The van der Waals surface area contributed by atoms with Crippen molar-refractivity contribution in [3.8, 4) is 0 Å². The Balaban J connectivity index is 2.20. The second-order valence-electron chi connectivity index (χ2n) is 4.96. The maximum Gasteiger partial charge on any atom is 0.252 e. The van der Waals surface area contributed by atoms with Crippen molar-refractivity contribution in [1.29, 1.82) is 0 Å². The molecule has 0 bridgehead atoms. The van der Waals surface area contributed by atoms with Crippen molar-refractivity contribution in [3.05, 3.63) is 69.7 Å². The van der Waals surface area contributed by atoms with E-state index in [0.717, 1.165) is 16.7 Å². The van der Waals surface area contributed by atoms with E-state index < -0.39 is 0 Å². The lowest BCUT2D eigenvalue weighted by Crippen LogP contribution is -2.27. The summed E-state index contributed by atoms with van der Waals surface area (Å²) in [5.41, 5.74) is 3.76. The molecule has 2 nitrogen and oxygen atoms in total. The van der Waals surface area contributed by atoms with E-state index in [9.17, 15) is 4.79 Å². The molecule has 0 saturated carbocycles. The van der Waals surface area contributed by atoms with Crippen LogP contribution in [0.4, 0.5) is 0 Å². The topological polar surface area (TPSA) is 29.1 Å². The largest absolute Gasteiger partial charge is 0.345 e. The van der Waals surface area contributed by atoms with Crippen LogP contribution in [-0.2, 0) is 0 Å². The fraction of sp³-hybridized carbons (Fsp3) is 0.235. The van der Waals surface area contributed by atoms with E-state index in [1.54, 1.807) is 0 Å². The molecule has 3 heteroatoms. The minimum Gasteiger partial charge on any atom is -0.345 e. The highest BCUT2D eigenvalue weighted by molar-refractivity contribution is 6.31. The monoisotopic (exact) mass is 287 g/mol. The lowest BCUT2D eigenvalue weighted by molar-refractivity contribution is 0.0939. The SMILES string of the molecule is Cc1cccc(C(=O)N[C@@H](C)c2ccccc2Cl)c1C. The van der Waals surface area contributed by atoms with Gasteiger partial charge in [-0.2, -0.15) is 0 Å². The Morgan fingerprint density at radius 3 is 2.50 bits per heavy atom. The Hall–Kier alpha value is -1.80. The Morgan fingerprint density at radius 2 is 1.80 bits per heavy atom. The normalized spacial score (nSPS) is 12.0. The van der Waals surface area contributed by atoms with E-state index in [4.69, 9.17) is 11.6 Å². The van der Waals surface area contributed by atoms with Gasteiger partial charge in [0.05, 0.1) is 6.04 Å². The number of halogens is 1. The van der Waals surface area contributed by atoms with Gasteiger partial charge in [-0.1, -0.05) is 41.9 Å². The van der Waals surface area contributed by atoms with Gasteiger partial charge < -0.3 is 5.32 Å². The number of amides is 1. The second-order valence-corrected chi connectivity index (χ2v) is 5.37. The molecule has 0 unspecified atom stereocenters. The van der Waals surface area contributed by atoms with Gasteiger partial charge in [-0.15, -0.1) is 0 Å². The predicted octanol–water partition coefficient (Wildman–Crippen LogP) is 4.45. The van der Waals surface area contributed by atoms with E-state index >= 15 is 0 Å². The van der Waals surface area contributed by atoms with Crippen molar-refractivity contribution in [2.24, 2.45) is 0 Å². The predicted molar refractivity (Wildman–Crippen MR) is 83.2 cm³/mol. The Bertz CT molecular complexity index is 637. The van der Waals surface area contributed by atoms with Gasteiger partial charge in [-0.05, 0) is 49.6 Å². The fourth-order valence-corrected chi connectivity index (χ4v) is 2.47. The number of hydrogen-bond donors (Lipinski definition) is 1. The maximum atomic E-state index is 12.4. The third-order valence-corrected chi connectivity index (χ3v) is 3.91. The highest BCUT2D eigenvalue weighted by Gasteiger charge is 2.15. The average Bonchev–Trinajstić information content (AvgIpc) is 2.42. The van der Waals surface area contributed by atoms with Gasteiger partial charge in [0, 0.05) is 10.6 Å². The van der Waals surface area contributed by atoms with Gasteiger partial charge in [0.1, 0.15) is 0 Å². The molecule has 2 rings (SSSR count). The summed E-state index contributed by atoms with van der Waals surface area (Å²) in [4.78, 5) is 12.4. The number of aryl methyl sites for hydroxylation is 1. The minimum atomic E-state index is -0.129. The van der Waals surface area contributed by atoms with E-state index in [-0.39, 0.29) is 11.9 Å². The first-order valence-electron chi connectivity index (χ1n) is 6.62. The molecule has 0 fully saturated rings. The van der Waals surface area contributed by atoms with E-state index in [0.29, 0.717) is 10.6 Å². The van der Waals surface area contributed by atoms with E-state index in [2.05, 4.69) is 5.32 Å². The van der Waals surface area contributed by atoms with Crippen molar-refractivity contribution in [3.63, 3.8) is 0 Å². The van der Waals surface area contributed by atoms with Gasteiger partial charge >= 0.3 is 0 Å². The fourth-order valence-electron chi connectivity index (χ4n) is 2.18. The van der Waals surface area contributed by atoms with Crippen LogP contribution in [0.25, 0.3) is 0 Å². The van der Waals surface area contributed by atoms with Crippen molar-refractivity contribution < 1.29 is 4.79 Å². The number of rotatable bonds is 3. The van der Waals surface area contributed by atoms with Gasteiger partial charge in [-0.3, -0.25) is 4.79 Å². The molecule has 0 saturated heterocycles. The van der Waals surface area contributed by atoms with Crippen LogP contribution in [0.1, 0.15) is 40.0 Å². The van der Waals surface area contributed by atoms with Crippen molar-refractivity contribution in [2.45, 2.75) is 26.8 Å². The summed E-state index contributed by atoms with van der Waals surface area (Å²) in [5.74, 6) is -0.0707. The van der Waals surface area contributed by atoms with Crippen LogP contribution in [0.3, 0.4) is 0 Å². The third-order valence-electron chi connectivity index (χ3n) is 3.57. The first-order chi connectivity index (χ1) is 9.50. The molecular weight excluding hydrogens is 270 g/mol. The molecule has 0 aliphatic carbocycles. The number of carbonyl (C=O) groups excluding carboxylic acids is 1. The van der Waals surface area contributed by atoms with Crippen LogP contribution in [-0.4, -0.2) is 5.91 Å². The van der Waals surface area contributed by atoms with Crippen LogP contribution in [0, 0.1) is 13.8 Å². The summed E-state index contributed by atoms with van der Waals surface area (Å²) in [7, 11) is 0. The quantitative estimate of drug-likeness (QED) is 0.888. The van der Waals surface area contributed by atoms with E-state index in [1.807, 2.05) is 63.2 Å². The maximum absolute atomic E-state index is 12.4. The molecule has 0 heterocycles. The molecule has 20 heavy (non-hydrogen) atoms. The Morgan fingerprint density at radius 1 is 1.10 bits per heavy atom. The number of carbonyl (C=O) groups is 1. The zero-order chi connectivity index (χ0) is 14.7. The molecule has 1 amide bonds. The summed E-state index contributed by atoms with van der Waals surface area (Å²) < 4.78 is 0. The van der Waals surface area contributed by atoms with Crippen LogP contribution in [0.2, 0.25) is 5.02 Å². The molecule has 0 aliphatic heterocycles. The van der Waals surface area contributed by atoms with Gasteiger partial charge in [0.2, 0.25) is 0 Å². The van der Waals surface area contributed by atoms with Crippen molar-refractivity contribution >= 4 is 17.5 Å². The van der Waals surface area contributed by atoms with E-state index in [1.165, 1.54) is 0 Å². The molecule has 1 N–H and O–H groups in total. The lowest BCUT2D eigenvalue weighted by Gasteiger charge is -2.17. The molecule has 104 valence electrons. The van der Waals surface area contributed by atoms with Crippen molar-refractivity contribution in [2.75, 3.05) is 0 Å². The molecule has 0 radical (unpaired) electrons. The third kappa shape index (κ3) is 3.02. The standard InChI is InChI=1S/C17H18ClNO/c1-11-7-6-9-14(12(11)2)17(20)19-13(3)15-8-4-5-10-16(15)18/h4-10,13H,1-3H3,(H,19,20)/t13-/m0/s1. The Labute approximate surface area is 124 Å². The summed E-state index contributed by atoms with van der Waals surface area (Å²) >= 11 is 6.15.